The molecular formula is C9H9FN4O. The predicted octanol–water partition coefficient (Wildman–Crippen LogP) is 0.869. The molecular weight excluding hydrogens is 199 g/mol. The van der Waals surface area contributed by atoms with Crippen LogP contribution in [0.1, 0.15) is 5.56 Å². The summed E-state index contributed by atoms with van der Waals surface area (Å²) in [6.07, 6.45) is 1.42. The van der Waals surface area contributed by atoms with Gasteiger partial charge in [-0.25, -0.2) is 9.07 Å². The zero-order valence-corrected chi connectivity index (χ0v) is 8.09. The van der Waals surface area contributed by atoms with Gasteiger partial charge in [0.2, 0.25) is 0 Å². The Hall–Kier alpha value is -1.98. The highest BCUT2D eigenvalue weighted by Gasteiger charge is 2.09. The second kappa shape index (κ2) is 4.04. The van der Waals surface area contributed by atoms with Crippen molar-refractivity contribution in [2.75, 3.05) is 7.11 Å². The fraction of sp³-hybridized carbons (Fsp3) is 0.222. The highest BCUT2D eigenvalue weighted by Crippen LogP contribution is 2.21. The van der Waals surface area contributed by atoms with Crippen LogP contribution in [0.2, 0.25) is 0 Å². The first-order valence-corrected chi connectivity index (χ1v) is 4.33. The molecule has 15 heavy (non-hydrogen) atoms. The maximum absolute atomic E-state index is 13.5. The average molecular weight is 208 g/mol. The number of nitrogens with zero attached hydrogens (tertiary/aromatic N) is 4. The van der Waals surface area contributed by atoms with E-state index in [4.69, 9.17) is 4.74 Å². The van der Waals surface area contributed by atoms with Gasteiger partial charge in [-0.05, 0) is 22.6 Å². The van der Waals surface area contributed by atoms with Crippen molar-refractivity contribution in [3.05, 3.63) is 35.9 Å². The molecule has 0 fully saturated rings. The molecule has 0 spiro atoms. The molecule has 6 heteroatoms. The van der Waals surface area contributed by atoms with E-state index in [0.717, 1.165) is 0 Å². The first kappa shape index (κ1) is 9.57. The maximum atomic E-state index is 13.5. The van der Waals surface area contributed by atoms with Crippen LogP contribution in [-0.2, 0) is 6.54 Å². The lowest BCUT2D eigenvalue weighted by atomic mass is 10.2. The second-order valence-corrected chi connectivity index (χ2v) is 2.93. The molecule has 0 atom stereocenters. The minimum atomic E-state index is -0.329. The normalized spacial score (nSPS) is 10.3. The Bertz CT molecular complexity index is 443. The molecule has 0 aliphatic heterocycles. The van der Waals surface area contributed by atoms with Gasteiger partial charge in [0.1, 0.15) is 17.9 Å². The van der Waals surface area contributed by atoms with Crippen molar-refractivity contribution in [2.45, 2.75) is 6.54 Å². The summed E-state index contributed by atoms with van der Waals surface area (Å²) >= 11 is 0. The lowest BCUT2D eigenvalue weighted by Gasteiger charge is -2.08. The predicted molar refractivity (Wildman–Crippen MR) is 49.9 cm³/mol. The number of benzene rings is 1. The molecule has 0 N–H and O–H groups in total. The number of tetrazole rings is 1. The largest absolute Gasteiger partial charge is 0.496 e. The molecule has 0 aliphatic rings. The summed E-state index contributed by atoms with van der Waals surface area (Å²) in [4.78, 5) is 0. The summed E-state index contributed by atoms with van der Waals surface area (Å²) in [5.41, 5.74) is 0.437. The number of hydrogen-bond donors (Lipinski definition) is 0. The van der Waals surface area contributed by atoms with E-state index in [1.807, 2.05) is 0 Å². The molecule has 0 unspecified atom stereocenters. The summed E-state index contributed by atoms with van der Waals surface area (Å²) < 4.78 is 20.0. The minimum Gasteiger partial charge on any atom is -0.496 e. The smallest absolute Gasteiger partial charge is 0.138 e. The Morgan fingerprint density at radius 1 is 1.47 bits per heavy atom. The van der Waals surface area contributed by atoms with Gasteiger partial charge in [0.25, 0.3) is 0 Å². The first-order valence-electron chi connectivity index (χ1n) is 4.33. The Labute approximate surface area is 85.5 Å². The molecule has 1 aromatic heterocycles. The quantitative estimate of drug-likeness (QED) is 0.751. The molecule has 1 heterocycles. The van der Waals surface area contributed by atoms with Crippen molar-refractivity contribution in [1.82, 2.24) is 20.2 Å². The van der Waals surface area contributed by atoms with E-state index < -0.39 is 0 Å². The fourth-order valence-electron chi connectivity index (χ4n) is 1.30. The molecule has 1 aromatic carbocycles. The summed E-state index contributed by atoms with van der Waals surface area (Å²) in [5.74, 6) is 0.162. The highest BCUT2D eigenvalue weighted by atomic mass is 19.1. The summed E-state index contributed by atoms with van der Waals surface area (Å²) in [6, 6.07) is 4.67. The van der Waals surface area contributed by atoms with Crippen molar-refractivity contribution in [3.63, 3.8) is 0 Å². The Kier molecular flexibility index (Phi) is 2.57. The summed E-state index contributed by atoms with van der Waals surface area (Å²) in [5, 5.41) is 10.6. The Morgan fingerprint density at radius 2 is 2.33 bits per heavy atom. The maximum Gasteiger partial charge on any atom is 0.138 e. The van der Waals surface area contributed by atoms with Gasteiger partial charge in [-0.1, -0.05) is 6.07 Å². The molecule has 0 saturated carbocycles. The van der Waals surface area contributed by atoms with E-state index >= 15 is 0 Å². The van der Waals surface area contributed by atoms with E-state index in [1.165, 1.54) is 24.2 Å². The number of halogens is 1. The molecule has 0 aliphatic carbocycles. The number of ether oxygens (including phenoxy) is 1. The third-order valence-electron chi connectivity index (χ3n) is 2.01. The SMILES string of the molecule is COc1cccc(F)c1Cn1cnnn1. The van der Waals surface area contributed by atoms with Crippen LogP contribution in [0.5, 0.6) is 5.75 Å². The molecule has 2 aromatic rings. The van der Waals surface area contributed by atoms with Gasteiger partial charge in [-0.2, -0.15) is 0 Å². The van der Waals surface area contributed by atoms with Crippen LogP contribution in [0.25, 0.3) is 0 Å². The van der Waals surface area contributed by atoms with Crippen LogP contribution < -0.4 is 4.74 Å². The van der Waals surface area contributed by atoms with E-state index in [9.17, 15) is 4.39 Å². The highest BCUT2D eigenvalue weighted by molar-refractivity contribution is 5.34. The van der Waals surface area contributed by atoms with Gasteiger partial charge in [-0.3, -0.25) is 0 Å². The van der Waals surface area contributed by atoms with Gasteiger partial charge in [-0.15, -0.1) is 5.10 Å². The van der Waals surface area contributed by atoms with Crippen LogP contribution in [-0.4, -0.2) is 27.3 Å². The van der Waals surface area contributed by atoms with Crippen molar-refractivity contribution in [2.24, 2.45) is 0 Å². The van der Waals surface area contributed by atoms with E-state index in [1.54, 1.807) is 12.1 Å². The summed E-state index contributed by atoms with van der Waals surface area (Å²) in [6.45, 7) is 0.253. The lowest BCUT2D eigenvalue weighted by molar-refractivity contribution is 0.401. The molecule has 78 valence electrons. The Morgan fingerprint density at radius 3 is 3.00 bits per heavy atom. The van der Waals surface area contributed by atoms with Gasteiger partial charge in [0.15, 0.2) is 0 Å². The van der Waals surface area contributed by atoms with Gasteiger partial charge in [0.05, 0.1) is 19.2 Å². The van der Waals surface area contributed by atoms with Gasteiger partial charge < -0.3 is 4.74 Å². The average Bonchev–Trinajstić information content (AvgIpc) is 2.74. The topological polar surface area (TPSA) is 52.8 Å². The molecule has 0 bridgehead atoms. The van der Waals surface area contributed by atoms with E-state index in [-0.39, 0.29) is 12.4 Å². The van der Waals surface area contributed by atoms with Crippen molar-refractivity contribution >= 4 is 0 Å². The standard InChI is InChI=1S/C9H9FN4O/c1-15-9-4-2-3-8(10)7(9)5-14-6-11-12-13-14/h2-4,6H,5H2,1H3. The molecule has 0 amide bonds. The Balaban J connectivity index is 2.34. The van der Waals surface area contributed by atoms with Crippen molar-refractivity contribution < 1.29 is 9.13 Å². The third kappa shape index (κ3) is 1.93. The van der Waals surface area contributed by atoms with Gasteiger partial charge >= 0.3 is 0 Å². The van der Waals surface area contributed by atoms with E-state index in [0.29, 0.717) is 11.3 Å². The molecule has 2 rings (SSSR count). The molecule has 0 saturated heterocycles. The van der Waals surface area contributed by atoms with Crippen LogP contribution in [0.3, 0.4) is 0 Å². The number of aromatic nitrogens is 4. The fourth-order valence-corrected chi connectivity index (χ4v) is 1.30. The van der Waals surface area contributed by atoms with Crippen LogP contribution in [0.4, 0.5) is 4.39 Å². The monoisotopic (exact) mass is 208 g/mol. The van der Waals surface area contributed by atoms with Crippen molar-refractivity contribution in [1.29, 1.82) is 0 Å². The molecule has 0 radical (unpaired) electrons. The number of rotatable bonds is 3. The van der Waals surface area contributed by atoms with Gasteiger partial charge in [0, 0.05) is 0 Å². The van der Waals surface area contributed by atoms with Crippen LogP contribution in [0.15, 0.2) is 24.5 Å². The minimum absolute atomic E-state index is 0.253. The molecule has 5 nitrogen and oxygen atoms in total. The van der Waals surface area contributed by atoms with E-state index in [2.05, 4.69) is 15.5 Å². The number of methoxy groups -OCH3 is 1. The first-order chi connectivity index (χ1) is 7.31. The number of hydrogen-bond acceptors (Lipinski definition) is 4. The lowest BCUT2D eigenvalue weighted by Crippen LogP contribution is -2.05. The zero-order valence-electron chi connectivity index (χ0n) is 8.09. The van der Waals surface area contributed by atoms with Crippen LogP contribution in [0, 0.1) is 5.82 Å². The van der Waals surface area contributed by atoms with Crippen LogP contribution >= 0.6 is 0 Å². The summed E-state index contributed by atoms with van der Waals surface area (Å²) in [7, 11) is 1.50. The zero-order chi connectivity index (χ0) is 10.7. The van der Waals surface area contributed by atoms with Crippen molar-refractivity contribution in [3.8, 4) is 5.75 Å². The third-order valence-corrected chi connectivity index (χ3v) is 2.01. The second-order valence-electron chi connectivity index (χ2n) is 2.93.